The molecule has 0 aliphatic heterocycles. The van der Waals surface area contributed by atoms with E-state index in [0.29, 0.717) is 0 Å². The average molecular weight is 233 g/mol. The normalized spacial score (nSPS) is 14.9. The molecule has 0 saturated heterocycles. The van der Waals surface area contributed by atoms with E-state index in [0.717, 1.165) is 22.9 Å². The molecule has 92 valence electrons. The fourth-order valence-corrected chi connectivity index (χ4v) is 1.12. The van der Waals surface area contributed by atoms with Crippen molar-refractivity contribution in [1.82, 2.24) is 0 Å². The van der Waals surface area contributed by atoms with E-state index < -0.39 is 5.97 Å². The topological polar surface area (TPSA) is 49.7 Å². The molecule has 0 unspecified atom stereocenters. The van der Waals surface area contributed by atoms with Crippen LogP contribution in [0, 0.1) is 0 Å². The molecule has 0 fully saturated rings. The van der Waals surface area contributed by atoms with Crippen molar-refractivity contribution in [3.05, 3.63) is 47.7 Å². The summed E-state index contributed by atoms with van der Waals surface area (Å²) in [5.41, 5.74) is 2.75. The molecule has 0 radical (unpaired) electrons. The van der Waals surface area contributed by atoms with Crippen LogP contribution in [0.3, 0.4) is 0 Å². The van der Waals surface area contributed by atoms with Gasteiger partial charge in [-0.1, -0.05) is 24.3 Å². The molecule has 0 atom stereocenters. The highest BCUT2D eigenvalue weighted by atomic mass is 16.4. The Bertz CT molecular complexity index is 410. The molecule has 0 spiro atoms. The van der Waals surface area contributed by atoms with Crippen LogP contribution in [-0.2, 0) is 4.79 Å². The van der Waals surface area contributed by atoms with E-state index in [9.17, 15) is 4.79 Å². The fourth-order valence-electron chi connectivity index (χ4n) is 1.12. The van der Waals surface area contributed by atoms with Gasteiger partial charge in [0.15, 0.2) is 0 Å². The molecule has 1 N–H and O–H groups in total. The maximum Gasteiger partial charge on any atom is 0.328 e. The lowest BCUT2D eigenvalue weighted by molar-refractivity contribution is -0.131. The van der Waals surface area contributed by atoms with E-state index >= 15 is 0 Å². The predicted molar refractivity (Wildman–Crippen MR) is 72.2 cm³/mol. The van der Waals surface area contributed by atoms with E-state index in [-0.39, 0.29) is 0 Å². The van der Waals surface area contributed by atoms with Gasteiger partial charge in [-0.05, 0) is 38.8 Å². The Morgan fingerprint density at radius 1 is 1.12 bits per heavy atom. The first-order valence-electron chi connectivity index (χ1n) is 5.42. The summed E-state index contributed by atoms with van der Waals surface area (Å²) in [5.74, 6) is -0.957. The molecule has 0 aromatic carbocycles. The summed E-state index contributed by atoms with van der Waals surface area (Å²) in [5, 5.41) is 8.47. The van der Waals surface area contributed by atoms with Gasteiger partial charge in [0.1, 0.15) is 0 Å². The smallest absolute Gasteiger partial charge is 0.328 e. The number of aliphatic imine (C=N–C) groups is 1. The van der Waals surface area contributed by atoms with Crippen molar-refractivity contribution in [2.45, 2.75) is 27.7 Å². The van der Waals surface area contributed by atoms with Crippen molar-refractivity contribution >= 4 is 11.7 Å². The summed E-state index contributed by atoms with van der Waals surface area (Å²) in [6, 6.07) is 0. The number of carboxylic acid groups (broad SMARTS) is 1. The third-order valence-corrected chi connectivity index (χ3v) is 2.03. The number of rotatable bonds is 5. The summed E-state index contributed by atoms with van der Waals surface area (Å²) in [4.78, 5) is 14.6. The Morgan fingerprint density at radius 2 is 1.76 bits per heavy atom. The summed E-state index contributed by atoms with van der Waals surface area (Å²) in [6.07, 6.45) is 10.2. The van der Waals surface area contributed by atoms with E-state index in [2.05, 4.69) is 4.99 Å². The molecule has 0 aliphatic carbocycles. The van der Waals surface area contributed by atoms with Gasteiger partial charge in [0.2, 0.25) is 0 Å². The Balaban J connectivity index is 4.81. The SMILES string of the molecule is C\C=C/C(=C\C)C(/C)=N\C=C(C)\C=C\C(=O)O. The molecule has 0 aliphatic rings. The van der Waals surface area contributed by atoms with Crippen LogP contribution in [-0.4, -0.2) is 16.8 Å². The van der Waals surface area contributed by atoms with Crippen LogP contribution < -0.4 is 0 Å². The van der Waals surface area contributed by atoms with Crippen LogP contribution in [0.2, 0.25) is 0 Å². The minimum absolute atomic E-state index is 0.794. The highest BCUT2D eigenvalue weighted by molar-refractivity contribution is 6.00. The second-order valence-corrected chi connectivity index (χ2v) is 3.50. The van der Waals surface area contributed by atoms with Crippen LogP contribution in [0.5, 0.6) is 0 Å². The summed E-state index contributed by atoms with van der Waals surface area (Å²) in [7, 11) is 0. The quantitative estimate of drug-likeness (QED) is 0.448. The van der Waals surface area contributed by atoms with Crippen molar-refractivity contribution in [3.63, 3.8) is 0 Å². The zero-order chi connectivity index (χ0) is 13.3. The third kappa shape index (κ3) is 7.06. The molecule has 3 nitrogen and oxygen atoms in total. The summed E-state index contributed by atoms with van der Waals surface area (Å²) < 4.78 is 0. The number of allylic oxidation sites excluding steroid dienone is 6. The molecule has 17 heavy (non-hydrogen) atoms. The fraction of sp³-hybridized carbons (Fsp3) is 0.286. The van der Waals surface area contributed by atoms with E-state index in [4.69, 9.17) is 5.11 Å². The Kier molecular flexibility index (Phi) is 7.35. The molecule has 0 bridgehead atoms. The number of carbonyl (C=O) groups is 1. The minimum atomic E-state index is -0.957. The predicted octanol–water partition coefficient (Wildman–Crippen LogP) is 3.51. The van der Waals surface area contributed by atoms with Gasteiger partial charge >= 0.3 is 5.97 Å². The van der Waals surface area contributed by atoms with Crippen LogP contribution >= 0.6 is 0 Å². The second kappa shape index (κ2) is 8.28. The van der Waals surface area contributed by atoms with Gasteiger partial charge < -0.3 is 5.11 Å². The highest BCUT2D eigenvalue weighted by Crippen LogP contribution is 2.03. The van der Waals surface area contributed by atoms with Crippen LogP contribution in [0.4, 0.5) is 0 Å². The third-order valence-electron chi connectivity index (χ3n) is 2.03. The minimum Gasteiger partial charge on any atom is -0.478 e. The van der Waals surface area contributed by atoms with Gasteiger partial charge in [0, 0.05) is 18.0 Å². The molecule has 0 heterocycles. The first kappa shape index (κ1) is 15.1. The molecular formula is C14H19NO2. The number of aliphatic carboxylic acids is 1. The van der Waals surface area contributed by atoms with Crippen molar-refractivity contribution < 1.29 is 9.90 Å². The molecule has 0 aromatic heterocycles. The molecule has 3 heteroatoms. The van der Waals surface area contributed by atoms with Gasteiger partial charge in [0.05, 0.1) is 0 Å². The lowest BCUT2D eigenvalue weighted by atomic mass is 10.1. The average Bonchev–Trinajstić information content (AvgIpc) is 2.30. The van der Waals surface area contributed by atoms with E-state index in [1.54, 1.807) is 13.1 Å². The van der Waals surface area contributed by atoms with Gasteiger partial charge in [-0.2, -0.15) is 0 Å². The van der Waals surface area contributed by atoms with Gasteiger partial charge in [-0.15, -0.1) is 0 Å². The zero-order valence-electron chi connectivity index (χ0n) is 10.8. The second-order valence-electron chi connectivity index (χ2n) is 3.50. The Labute approximate surface area is 103 Å². The molecular weight excluding hydrogens is 214 g/mol. The zero-order valence-corrected chi connectivity index (χ0v) is 10.8. The number of carboxylic acids is 1. The maximum atomic E-state index is 10.3. The van der Waals surface area contributed by atoms with E-state index in [1.165, 1.54) is 6.08 Å². The summed E-state index contributed by atoms with van der Waals surface area (Å²) >= 11 is 0. The first-order valence-corrected chi connectivity index (χ1v) is 5.42. The van der Waals surface area contributed by atoms with Gasteiger partial charge in [0.25, 0.3) is 0 Å². The van der Waals surface area contributed by atoms with Crippen LogP contribution in [0.1, 0.15) is 27.7 Å². The van der Waals surface area contributed by atoms with Crippen molar-refractivity contribution in [2.24, 2.45) is 4.99 Å². The molecule has 0 rings (SSSR count). The van der Waals surface area contributed by atoms with Crippen molar-refractivity contribution in [1.29, 1.82) is 0 Å². The Morgan fingerprint density at radius 3 is 2.24 bits per heavy atom. The Hall–Kier alpha value is -1.90. The van der Waals surface area contributed by atoms with E-state index in [1.807, 2.05) is 39.0 Å². The number of hydrogen-bond acceptors (Lipinski definition) is 2. The maximum absolute atomic E-state index is 10.3. The molecule has 0 saturated carbocycles. The highest BCUT2D eigenvalue weighted by Gasteiger charge is 1.94. The van der Waals surface area contributed by atoms with Crippen molar-refractivity contribution in [2.75, 3.05) is 0 Å². The van der Waals surface area contributed by atoms with Crippen LogP contribution in [0.15, 0.2) is 52.7 Å². The number of nitrogens with zero attached hydrogens (tertiary/aromatic N) is 1. The number of hydrogen-bond donors (Lipinski definition) is 1. The summed E-state index contributed by atoms with van der Waals surface area (Å²) in [6.45, 7) is 7.63. The monoisotopic (exact) mass is 233 g/mol. The largest absolute Gasteiger partial charge is 0.478 e. The lowest BCUT2D eigenvalue weighted by Gasteiger charge is -1.98. The van der Waals surface area contributed by atoms with Crippen LogP contribution in [0.25, 0.3) is 0 Å². The van der Waals surface area contributed by atoms with Gasteiger partial charge in [-0.25, -0.2) is 4.79 Å². The first-order chi connectivity index (χ1) is 8.01. The molecule has 0 aromatic rings. The molecule has 0 amide bonds. The van der Waals surface area contributed by atoms with Gasteiger partial charge in [-0.3, -0.25) is 4.99 Å². The standard InChI is InChI=1S/C14H19NO2/c1-5-7-13(6-2)12(4)15-10-11(3)8-9-14(16)17/h5-10H,1-4H3,(H,16,17)/b7-5-,9-8+,11-10+,13-6+,15-12-. The lowest BCUT2D eigenvalue weighted by Crippen LogP contribution is -1.93. The van der Waals surface area contributed by atoms with Crippen molar-refractivity contribution in [3.8, 4) is 0 Å².